The van der Waals surface area contributed by atoms with Crippen molar-refractivity contribution in [3.63, 3.8) is 0 Å². The maximum Gasteiger partial charge on any atom is 0.326 e. The maximum atomic E-state index is 12.7. The number of carbonyl (C=O) groups excluding carboxylic acids is 4. The van der Waals surface area contributed by atoms with Crippen LogP contribution in [0.25, 0.3) is 0 Å². The monoisotopic (exact) mass is 483 g/mol. The van der Waals surface area contributed by atoms with Crippen LogP contribution in [0.5, 0.6) is 0 Å². The van der Waals surface area contributed by atoms with Gasteiger partial charge in [0.1, 0.15) is 18.1 Å². The number of amides is 4. The van der Waals surface area contributed by atoms with E-state index in [0.717, 1.165) is 0 Å². The molecule has 15 nitrogen and oxygen atoms in total. The van der Waals surface area contributed by atoms with Crippen LogP contribution < -0.4 is 27.4 Å². The van der Waals surface area contributed by atoms with Gasteiger partial charge in [-0.3, -0.25) is 24.0 Å². The summed E-state index contributed by atoms with van der Waals surface area (Å²) in [5, 5.41) is 24.7. The van der Waals surface area contributed by atoms with Crippen LogP contribution in [-0.4, -0.2) is 79.9 Å². The first-order chi connectivity index (χ1) is 15.9. The lowest BCUT2D eigenvalue weighted by molar-refractivity contribution is -0.143. The van der Waals surface area contributed by atoms with Crippen LogP contribution in [0.1, 0.15) is 38.3 Å². The number of aromatic nitrogens is 2. The van der Waals surface area contributed by atoms with E-state index in [-0.39, 0.29) is 25.7 Å². The fourth-order valence-electron chi connectivity index (χ4n) is 2.76. The minimum atomic E-state index is -1.48. The van der Waals surface area contributed by atoms with E-state index in [1.54, 1.807) is 0 Å². The minimum Gasteiger partial charge on any atom is -0.481 e. The Labute approximate surface area is 194 Å². The highest BCUT2D eigenvalue weighted by Gasteiger charge is 2.29. The van der Waals surface area contributed by atoms with Crippen LogP contribution >= 0.6 is 0 Å². The second kappa shape index (κ2) is 13.5. The van der Waals surface area contributed by atoms with Gasteiger partial charge < -0.3 is 42.6 Å². The number of H-pyrrole nitrogens is 1. The average Bonchev–Trinajstić information content (AvgIpc) is 3.25. The highest BCUT2D eigenvalue weighted by Crippen LogP contribution is 2.03. The summed E-state index contributed by atoms with van der Waals surface area (Å²) in [5.74, 6) is -5.81. The number of imidazole rings is 1. The molecule has 1 rings (SSSR count). The van der Waals surface area contributed by atoms with Crippen molar-refractivity contribution in [1.29, 1.82) is 0 Å². The summed E-state index contributed by atoms with van der Waals surface area (Å²) in [6.45, 7) is 1.26. The zero-order valence-electron chi connectivity index (χ0n) is 18.4. The van der Waals surface area contributed by atoms with E-state index in [2.05, 4.69) is 25.9 Å². The first-order valence-electron chi connectivity index (χ1n) is 10.3. The predicted octanol–water partition coefficient (Wildman–Crippen LogP) is -3.03. The van der Waals surface area contributed by atoms with Gasteiger partial charge in [-0.15, -0.1) is 0 Å². The standard InChI is InChI=1S/C19H29N7O8/c1-9(16(30)26-13(19(33)34)3-5-15(28)29)24-18(32)12(2-4-14(21)27)25-17(31)11(20)6-10-7-22-8-23-10/h7-9,11-13H,2-6,20H2,1H3,(H2,21,27)(H,22,23)(H,24,32)(H,25,31)(H,26,30)(H,28,29)(H,33,34). The fourth-order valence-corrected chi connectivity index (χ4v) is 2.76. The van der Waals surface area contributed by atoms with E-state index in [1.165, 1.54) is 19.4 Å². The Bertz CT molecular complexity index is 889. The number of carboxylic acid groups (broad SMARTS) is 2. The van der Waals surface area contributed by atoms with Crippen molar-refractivity contribution in [3.8, 4) is 0 Å². The van der Waals surface area contributed by atoms with Gasteiger partial charge in [0.15, 0.2) is 0 Å². The van der Waals surface area contributed by atoms with E-state index in [1.807, 2.05) is 0 Å². The van der Waals surface area contributed by atoms with Gasteiger partial charge >= 0.3 is 11.9 Å². The maximum absolute atomic E-state index is 12.7. The predicted molar refractivity (Wildman–Crippen MR) is 115 cm³/mol. The Morgan fingerprint density at radius 3 is 2.12 bits per heavy atom. The number of aromatic amines is 1. The molecule has 4 atom stereocenters. The van der Waals surface area contributed by atoms with Crippen LogP contribution in [-0.2, 0) is 35.2 Å². The molecule has 0 saturated heterocycles. The number of primary amides is 1. The molecule has 0 aliphatic rings. The van der Waals surface area contributed by atoms with Crippen LogP contribution in [0.4, 0.5) is 0 Å². The molecular formula is C19H29N7O8. The first-order valence-corrected chi connectivity index (χ1v) is 10.3. The third-order valence-corrected chi connectivity index (χ3v) is 4.66. The molecule has 0 saturated carbocycles. The van der Waals surface area contributed by atoms with Crippen molar-refractivity contribution >= 4 is 35.6 Å². The topological polar surface area (TPSA) is 260 Å². The lowest BCUT2D eigenvalue weighted by atomic mass is 10.1. The molecule has 0 bridgehead atoms. The molecule has 1 heterocycles. The number of hydrogen-bond acceptors (Lipinski definition) is 8. The third kappa shape index (κ3) is 10.1. The number of hydrogen-bond donors (Lipinski definition) is 8. The molecule has 0 radical (unpaired) electrons. The summed E-state index contributed by atoms with van der Waals surface area (Å²) in [4.78, 5) is 77.1. The van der Waals surface area contributed by atoms with Gasteiger partial charge in [-0.05, 0) is 19.8 Å². The summed E-state index contributed by atoms with van der Waals surface area (Å²) in [7, 11) is 0. The molecule has 4 amide bonds. The Hall–Kier alpha value is -4.01. The Morgan fingerprint density at radius 2 is 1.59 bits per heavy atom. The van der Waals surface area contributed by atoms with E-state index < -0.39 is 66.2 Å². The smallest absolute Gasteiger partial charge is 0.326 e. The van der Waals surface area contributed by atoms with Gasteiger partial charge in [0, 0.05) is 31.2 Å². The van der Waals surface area contributed by atoms with E-state index >= 15 is 0 Å². The van der Waals surface area contributed by atoms with Crippen LogP contribution in [0.2, 0.25) is 0 Å². The van der Waals surface area contributed by atoms with Crippen molar-refractivity contribution in [2.24, 2.45) is 11.5 Å². The quantitative estimate of drug-likeness (QED) is 0.125. The second-order valence-electron chi connectivity index (χ2n) is 7.52. The van der Waals surface area contributed by atoms with Crippen molar-refractivity contribution in [2.75, 3.05) is 0 Å². The van der Waals surface area contributed by atoms with Gasteiger partial charge in [-0.1, -0.05) is 0 Å². The summed E-state index contributed by atoms with van der Waals surface area (Å²) in [6.07, 6.45) is 1.72. The number of aliphatic carboxylic acids is 2. The number of rotatable bonds is 15. The van der Waals surface area contributed by atoms with Crippen molar-refractivity contribution < 1.29 is 39.0 Å². The molecule has 1 aromatic heterocycles. The van der Waals surface area contributed by atoms with Gasteiger partial charge in [-0.25, -0.2) is 9.78 Å². The molecule has 188 valence electrons. The summed E-state index contributed by atoms with van der Waals surface area (Å²) >= 11 is 0. The molecule has 0 aliphatic heterocycles. The highest BCUT2D eigenvalue weighted by molar-refractivity contribution is 5.94. The van der Waals surface area contributed by atoms with E-state index in [4.69, 9.17) is 21.7 Å². The molecule has 0 fully saturated rings. The zero-order valence-corrected chi connectivity index (χ0v) is 18.4. The molecule has 15 heteroatoms. The molecule has 0 aromatic carbocycles. The molecule has 4 unspecified atom stereocenters. The normalized spacial score (nSPS) is 14.2. The Morgan fingerprint density at radius 1 is 0.971 bits per heavy atom. The molecular weight excluding hydrogens is 454 g/mol. The lowest BCUT2D eigenvalue weighted by Gasteiger charge is -2.23. The molecule has 10 N–H and O–H groups in total. The van der Waals surface area contributed by atoms with E-state index in [9.17, 15) is 28.8 Å². The number of nitrogens with zero attached hydrogens (tertiary/aromatic N) is 1. The summed E-state index contributed by atoms with van der Waals surface area (Å²) < 4.78 is 0. The lowest BCUT2D eigenvalue weighted by Crippen LogP contribution is -2.56. The second-order valence-corrected chi connectivity index (χ2v) is 7.52. The number of nitrogens with two attached hydrogens (primary N) is 2. The summed E-state index contributed by atoms with van der Waals surface area (Å²) in [5.41, 5.74) is 11.6. The zero-order chi connectivity index (χ0) is 25.8. The van der Waals surface area contributed by atoms with Crippen molar-refractivity contribution in [3.05, 3.63) is 18.2 Å². The van der Waals surface area contributed by atoms with Crippen LogP contribution in [0.3, 0.4) is 0 Å². The summed E-state index contributed by atoms with van der Waals surface area (Å²) in [6, 6.07) is -5.03. The molecule has 34 heavy (non-hydrogen) atoms. The van der Waals surface area contributed by atoms with E-state index in [0.29, 0.717) is 5.69 Å². The highest BCUT2D eigenvalue weighted by atomic mass is 16.4. The number of carbonyl (C=O) groups is 6. The van der Waals surface area contributed by atoms with Crippen molar-refractivity contribution in [2.45, 2.75) is 63.2 Å². The first kappa shape index (κ1) is 28.0. The Balaban J connectivity index is 2.77. The van der Waals surface area contributed by atoms with Crippen LogP contribution in [0, 0.1) is 0 Å². The average molecular weight is 483 g/mol. The number of nitrogens with one attached hydrogen (secondary N) is 4. The van der Waals surface area contributed by atoms with Gasteiger partial charge in [-0.2, -0.15) is 0 Å². The largest absolute Gasteiger partial charge is 0.481 e. The van der Waals surface area contributed by atoms with Crippen molar-refractivity contribution in [1.82, 2.24) is 25.9 Å². The Kier molecular flexibility index (Phi) is 11.1. The van der Waals surface area contributed by atoms with Crippen LogP contribution in [0.15, 0.2) is 12.5 Å². The fraction of sp³-hybridized carbons (Fsp3) is 0.526. The molecule has 1 aromatic rings. The van der Waals surface area contributed by atoms with Gasteiger partial charge in [0.25, 0.3) is 0 Å². The van der Waals surface area contributed by atoms with Gasteiger partial charge in [0.05, 0.1) is 12.4 Å². The molecule has 0 spiro atoms. The van der Waals surface area contributed by atoms with Gasteiger partial charge in [0.2, 0.25) is 23.6 Å². The number of carboxylic acids is 2. The minimum absolute atomic E-state index is 0.0989. The third-order valence-electron chi connectivity index (χ3n) is 4.66. The SMILES string of the molecule is CC(NC(=O)C(CCC(N)=O)NC(=O)C(N)Cc1cnc[nH]1)C(=O)NC(CCC(=O)O)C(=O)O. The molecule has 0 aliphatic carbocycles.